The number of anilines is 1. The average molecular weight is 191 g/mol. The number of alkyl halides is 2. The second kappa shape index (κ2) is 3.61. The molecule has 0 bridgehead atoms. The van der Waals surface area contributed by atoms with E-state index in [1.807, 2.05) is 0 Å². The molecule has 0 aromatic carbocycles. The van der Waals surface area contributed by atoms with Gasteiger partial charge < -0.3 is 11.5 Å². The van der Waals surface area contributed by atoms with Crippen LogP contribution in [0.25, 0.3) is 0 Å². The van der Waals surface area contributed by atoms with Crippen LogP contribution >= 0.6 is 0 Å². The molecule has 1 aromatic rings. The quantitative estimate of drug-likeness (QED) is 0.738. The molecule has 0 aliphatic rings. The Morgan fingerprint density at radius 1 is 1.46 bits per heavy atom. The molecule has 0 amide bonds. The summed E-state index contributed by atoms with van der Waals surface area (Å²) < 4.78 is 37.3. The Hall–Kier alpha value is -1.30. The Balaban J connectivity index is 3.32. The van der Waals surface area contributed by atoms with E-state index in [-0.39, 0.29) is 12.2 Å². The van der Waals surface area contributed by atoms with Crippen LogP contribution in [0.2, 0.25) is 0 Å². The van der Waals surface area contributed by atoms with Gasteiger partial charge in [0.25, 0.3) is 6.43 Å². The fourth-order valence-corrected chi connectivity index (χ4v) is 0.964. The second-order valence-corrected chi connectivity index (χ2v) is 2.39. The third-order valence-electron chi connectivity index (χ3n) is 1.60. The molecule has 0 unspecified atom stereocenters. The van der Waals surface area contributed by atoms with Gasteiger partial charge in [0.05, 0.1) is 23.1 Å². The third-order valence-corrected chi connectivity index (χ3v) is 1.60. The smallest absolute Gasteiger partial charge is 0.267 e. The van der Waals surface area contributed by atoms with E-state index in [1.54, 1.807) is 0 Å². The summed E-state index contributed by atoms with van der Waals surface area (Å²) in [6.45, 7) is -0.190. The highest BCUT2D eigenvalue weighted by Gasteiger charge is 2.19. The molecule has 0 aliphatic carbocycles. The van der Waals surface area contributed by atoms with Crippen molar-refractivity contribution in [2.24, 2.45) is 5.73 Å². The van der Waals surface area contributed by atoms with Crippen LogP contribution in [0.4, 0.5) is 18.9 Å². The lowest BCUT2D eigenvalue weighted by molar-refractivity contribution is 0.150. The first kappa shape index (κ1) is 9.79. The molecule has 3 nitrogen and oxygen atoms in total. The molecule has 0 spiro atoms. The summed E-state index contributed by atoms with van der Waals surface area (Å²) in [7, 11) is 0. The average Bonchev–Trinajstić information content (AvgIpc) is 2.08. The van der Waals surface area contributed by atoms with E-state index >= 15 is 0 Å². The van der Waals surface area contributed by atoms with Crippen LogP contribution in [0.5, 0.6) is 0 Å². The Labute approximate surface area is 72.6 Å². The molecule has 1 aromatic heterocycles. The first-order chi connectivity index (χ1) is 6.07. The third kappa shape index (κ3) is 1.72. The molecule has 0 fully saturated rings. The molecule has 4 N–H and O–H groups in total. The van der Waals surface area contributed by atoms with Crippen molar-refractivity contribution in [3.05, 3.63) is 23.3 Å². The second-order valence-electron chi connectivity index (χ2n) is 2.39. The van der Waals surface area contributed by atoms with Gasteiger partial charge in [-0.1, -0.05) is 0 Å². The van der Waals surface area contributed by atoms with Crippen molar-refractivity contribution in [3.8, 4) is 0 Å². The van der Waals surface area contributed by atoms with Crippen molar-refractivity contribution in [1.29, 1.82) is 0 Å². The van der Waals surface area contributed by atoms with Crippen molar-refractivity contribution in [3.63, 3.8) is 0 Å². The van der Waals surface area contributed by atoms with E-state index < -0.39 is 23.5 Å². The highest BCUT2D eigenvalue weighted by molar-refractivity contribution is 5.50. The standard InChI is InChI=1S/C7H8F3N3/c8-3-2-13-4(1-11)5(6(3)12)7(9)10/h2,7H,1,11H2,(H2,12,13). The van der Waals surface area contributed by atoms with Gasteiger partial charge in [0.15, 0.2) is 5.82 Å². The van der Waals surface area contributed by atoms with E-state index in [1.165, 1.54) is 0 Å². The Bertz CT molecular complexity index is 314. The van der Waals surface area contributed by atoms with Crippen LogP contribution < -0.4 is 11.5 Å². The maximum atomic E-state index is 12.7. The Morgan fingerprint density at radius 3 is 2.54 bits per heavy atom. The largest absolute Gasteiger partial charge is 0.396 e. The van der Waals surface area contributed by atoms with E-state index in [4.69, 9.17) is 11.5 Å². The summed E-state index contributed by atoms with van der Waals surface area (Å²) in [4.78, 5) is 3.42. The van der Waals surface area contributed by atoms with Gasteiger partial charge in [-0.25, -0.2) is 13.2 Å². The molecule has 6 heteroatoms. The van der Waals surface area contributed by atoms with Gasteiger partial charge in [-0.05, 0) is 0 Å². The van der Waals surface area contributed by atoms with Crippen molar-refractivity contribution < 1.29 is 13.2 Å². The lowest BCUT2D eigenvalue weighted by Crippen LogP contribution is -2.09. The molecular formula is C7H8F3N3. The van der Waals surface area contributed by atoms with Gasteiger partial charge in [-0.3, -0.25) is 4.98 Å². The molecule has 0 radical (unpaired) electrons. The fraction of sp³-hybridized carbons (Fsp3) is 0.286. The maximum absolute atomic E-state index is 12.7. The predicted octanol–water partition coefficient (Wildman–Crippen LogP) is 1.20. The van der Waals surface area contributed by atoms with E-state index in [9.17, 15) is 13.2 Å². The summed E-state index contributed by atoms with van der Waals surface area (Å²) in [5.74, 6) is -0.951. The molecule has 0 aliphatic heterocycles. The van der Waals surface area contributed by atoms with Crippen LogP contribution in [0, 0.1) is 5.82 Å². The van der Waals surface area contributed by atoms with Crippen molar-refractivity contribution >= 4 is 5.69 Å². The number of nitrogens with two attached hydrogens (primary N) is 2. The number of rotatable bonds is 2. The first-order valence-electron chi connectivity index (χ1n) is 3.49. The van der Waals surface area contributed by atoms with Gasteiger partial charge in [0.2, 0.25) is 0 Å². The lowest BCUT2D eigenvalue weighted by atomic mass is 10.1. The Morgan fingerprint density at radius 2 is 2.08 bits per heavy atom. The number of nitrogen functional groups attached to an aromatic ring is 1. The molecule has 1 rings (SSSR count). The van der Waals surface area contributed by atoms with Gasteiger partial charge in [-0.15, -0.1) is 0 Å². The minimum absolute atomic E-state index is 0.0751. The van der Waals surface area contributed by atoms with Crippen LogP contribution in [0.15, 0.2) is 6.20 Å². The van der Waals surface area contributed by atoms with E-state index in [0.29, 0.717) is 0 Å². The Kier molecular flexibility index (Phi) is 2.72. The predicted molar refractivity (Wildman–Crippen MR) is 41.5 cm³/mol. The minimum Gasteiger partial charge on any atom is -0.396 e. The molecule has 1 heterocycles. The van der Waals surface area contributed by atoms with Crippen molar-refractivity contribution in [1.82, 2.24) is 4.98 Å². The lowest BCUT2D eigenvalue weighted by Gasteiger charge is -2.09. The summed E-state index contributed by atoms with van der Waals surface area (Å²) in [6.07, 6.45) is -2.08. The molecular weight excluding hydrogens is 183 g/mol. The zero-order valence-electron chi connectivity index (χ0n) is 6.60. The SMILES string of the molecule is NCc1ncc(F)c(N)c1C(F)F. The molecule has 0 saturated carbocycles. The highest BCUT2D eigenvalue weighted by Crippen LogP contribution is 2.28. The van der Waals surface area contributed by atoms with Gasteiger partial charge in [0, 0.05) is 6.54 Å². The number of hydrogen-bond acceptors (Lipinski definition) is 3. The van der Waals surface area contributed by atoms with Crippen LogP contribution in [0.1, 0.15) is 17.7 Å². The fourth-order valence-electron chi connectivity index (χ4n) is 0.964. The highest BCUT2D eigenvalue weighted by atomic mass is 19.3. The van der Waals surface area contributed by atoms with Crippen LogP contribution in [-0.4, -0.2) is 4.98 Å². The van der Waals surface area contributed by atoms with Crippen molar-refractivity contribution in [2.75, 3.05) is 5.73 Å². The van der Waals surface area contributed by atoms with Crippen LogP contribution in [-0.2, 0) is 6.54 Å². The zero-order chi connectivity index (χ0) is 10.0. The summed E-state index contributed by atoms with van der Waals surface area (Å²) in [5, 5.41) is 0. The van der Waals surface area contributed by atoms with Gasteiger partial charge in [0.1, 0.15) is 0 Å². The number of nitrogens with zero attached hydrogens (tertiary/aromatic N) is 1. The topological polar surface area (TPSA) is 64.9 Å². The number of halogens is 3. The maximum Gasteiger partial charge on any atom is 0.267 e. The monoisotopic (exact) mass is 191 g/mol. The molecule has 0 atom stereocenters. The minimum atomic E-state index is -2.86. The normalized spacial score (nSPS) is 10.8. The van der Waals surface area contributed by atoms with Crippen molar-refractivity contribution in [2.45, 2.75) is 13.0 Å². The summed E-state index contributed by atoms with van der Waals surface area (Å²) in [5.41, 5.74) is 8.98. The first-order valence-corrected chi connectivity index (χ1v) is 3.49. The van der Waals surface area contributed by atoms with Gasteiger partial charge >= 0.3 is 0 Å². The number of hydrogen-bond donors (Lipinski definition) is 2. The zero-order valence-corrected chi connectivity index (χ0v) is 6.60. The molecule has 72 valence electrons. The summed E-state index contributed by atoms with van der Waals surface area (Å²) in [6, 6.07) is 0. The molecule has 0 saturated heterocycles. The van der Waals surface area contributed by atoms with Crippen LogP contribution in [0.3, 0.4) is 0 Å². The number of aromatic nitrogens is 1. The number of pyridine rings is 1. The van der Waals surface area contributed by atoms with E-state index in [2.05, 4.69) is 4.98 Å². The van der Waals surface area contributed by atoms with E-state index in [0.717, 1.165) is 6.20 Å². The molecule has 13 heavy (non-hydrogen) atoms. The summed E-state index contributed by atoms with van der Waals surface area (Å²) >= 11 is 0. The van der Waals surface area contributed by atoms with Gasteiger partial charge in [-0.2, -0.15) is 0 Å².